The molecule has 0 aliphatic rings. The minimum absolute atomic E-state index is 0.147. The van der Waals surface area contributed by atoms with E-state index in [1.54, 1.807) is 19.1 Å². The standard InChI is InChI=1S/C13H15N3O2/c1-16(8-12(14)17)13-6-3-9-7-10(18-2)4-5-11(9)15-13/h3-7H,8H2,1-2H3,(H2,14,17). The van der Waals surface area contributed by atoms with Gasteiger partial charge in [-0.3, -0.25) is 4.79 Å². The van der Waals surface area contributed by atoms with Gasteiger partial charge in [-0.25, -0.2) is 4.98 Å². The Morgan fingerprint density at radius 1 is 1.39 bits per heavy atom. The second kappa shape index (κ2) is 4.91. The van der Waals surface area contributed by atoms with E-state index in [0.717, 1.165) is 16.7 Å². The lowest BCUT2D eigenvalue weighted by Crippen LogP contribution is -2.30. The van der Waals surface area contributed by atoms with Gasteiger partial charge in [0.2, 0.25) is 5.91 Å². The Morgan fingerprint density at radius 2 is 2.17 bits per heavy atom. The number of ether oxygens (including phenoxy) is 1. The molecule has 2 N–H and O–H groups in total. The van der Waals surface area contributed by atoms with E-state index in [1.165, 1.54) is 0 Å². The first-order valence-electron chi connectivity index (χ1n) is 5.54. The average molecular weight is 245 g/mol. The maximum Gasteiger partial charge on any atom is 0.236 e. The van der Waals surface area contributed by atoms with E-state index >= 15 is 0 Å². The summed E-state index contributed by atoms with van der Waals surface area (Å²) >= 11 is 0. The monoisotopic (exact) mass is 245 g/mol. The van der Waals surface area contributed by atoms with Gasteiger partial charge in [0.1, 0.15) is 11.6 Å². The number of pyridine rings is 1. The molecule has 5 heteroatoms. The number of likely N-dealkylation sites (N-methyl/N-ethyl adjacent to an activating group) is 1. The van der Waals surface area contributed by atoms with E-state index in [2.05, 4.69) is 4.98 Å². The van der Waals surface area contributed by atoms with Crippen LogP contribution in [0.25, 0.3) is 10.9 Å². The lowest BCUT2D eigenvalue weighted by atomic mass is 10.2. The van der Waals surface area contributed by atoms with Crippen LogP contribution in [0.4, 0.5) is 5.82 Å². The molecule has 0 bridgehead atoms. The fourth-order valence-electron chi connectivity index (χ4n) is 1.75. The number of rotatable bonds is 4. The minimum atomic E-state index is -0.380. The fraction of sp³-hybridized carbons (Fsp3) is 0.231. The Morgan fingerprint density at radius 3 is 2.83 bits per heavy atom. The number of carbonyl (C=O) groups is 1. The quantitative estimate of drug-likeness (QED) is 0.877. The van der Waals surface area contributed by atoms with Crippen molar-refractivity contribution in [3.8, 4) is 5.75 Å². The number of amides is 1. The van der Waals surface area contributed by atoms with Gasteiger partial charge >= 0.3 is 0 Å². The lowest BCUT2D eigenvalue weighted by Gasteiger charge is -2.16. The molecule has 0 saturated heterocycles. The van der Waals surface area contributed by atoms with E-state index in [9.17, 15) is 4.79 Å². The maximum absolute atomic E-state index is 10.9. The van der Waals surface area contributed by atoms with Gasteiger partial charge in [0, 0.05) is 12.4 Å². The molecule has 0 saturated carbocycles. The highest BCUT2D eigenvalue weighted by molar-refractivity contribution is 5.83. The first kappa shape index (κ1) is 12.2. The van der Waals surface area contributed by atoms with Gasteiger partial charge in [-0.2, -0.15) is 0 Å². The highest BCUT2D eigenvalue weighted by Gasteiger charge is 2.06. The van der Waals surface area contributed by atoms with Crippen LogP contribution in [0, 0.1) is 0 Å². The summed E-state index contributed by atoms with van der Waals surface area (Å²) in [6.07, 6.45) is 0. The van der Waals surface area contributed by atoms with Gasteiger partial charge in [0.25, 0.3) is 0 Å². The third-order valence-corrected chi connectivity index (χ3v) is 2.67. The van der Waals surface area contributed by atoms with Crippen LogP contribution in [-0.2, 0) is 4.79 Å². The fourth-order valence-corrected chi connectivity index (χ4v) is 1.75. The van der Waals surface area contributed by atoms with Gasteiger partial charge in [-0.15, -0.1) is 0 Å². The zero-order valence-corrected chi connectivity index (χ0v) is 10.4. The third kappa shape index (κ3) is 2.51. The summed E-state index contributed by atoms with van der Waals surface area (Å²) in [6.45, 7) is 0.147. The van der Waals surface area contributed by atoms with Crippen molar-refractivity contribution >= 4 is 22.6 Å². The molecule has 1 amide bonds. The molecule has 0 fully saturated rings. The van der Waals surface area contributed by atoms with E-state index in [4.69, 9.17) is 10.5 Å². The number of aromatic nitrogens is 1. The van der Waals surface area contributed by atoms with Crippen molar-refractivity contribution in [2.24, 2.45) is 5.73 Å². The molecule has 0 aliphatic heterocycles. The van der Waals surface area contributed by atoms with E-state index in [0.29, 0.717) is 5.82 Å². The number of nitrogens with two attached hydrogens (primary N) is 1. The van der Waals surface area contributed by atoms with Crippen LogP contribution >= 0.6 is 0 Å². The smallest absolute Gasteiger partial charge is 0.236 e. The van der Waals surface area contributed by atoms with Crippen molar-refractivity contribution in [1.29, 1.82) is 0 Å². The summed E-state index contributed by atoms with van der Waals surface area (Å²) in [6, 6.07) is 9.45. The first-order chi connectivity index (χ1) is 8.60. The van der Waals surface area contributed by atoms with Crippen molar-refractivity contribution in [1.82, 2.24) is 4.98 Å². The van der Waals surface area contributed by atoms with Gasteiger partial charge in [0.15, 0.2) is 0 Å². The summed E-state index contributed by atoms with van der Waals surface area (Å²) in [7, 11) is 3.41. The van der Waals surface area contributed by atoms with Crippen LogP contribution < -0.4 is 15.4 Å². The third-order valence-electron chi connectivity index (χ3n) is 2.67. The maximum atomic E-state index is 10.9. The molecule has 0 radical (unpaired) electrons. The second-order valence-corrected chi connectivity index (χ2v) is 4.05. The average Bonchev–Trinajstić information content (AvgIpc) is 2.36. The Hall–Kier alpha value is -2.30. The molecule has 18 heavy (non-hydrogen) atoms. The number of methoxy groups -OCH3 is 1. The van der Waals surface area contributed by atoms with Crippen molar-refractivity contribution in [3.63, 3.8) is 0 Å². The normalized spacial score (nSPS) is 10.3. The van der Waals surface area contributed by atoms with Gasteiger partial charge in [0.05, 0.1) is 19.2 Å². The molecule has 1 heterocycles. The van der Waals surface area contributed by atoms with Crippen LogP contribution in [0.1, 0.15) is 0 Å². The summed E-state index contributed by atoms with van der Waals surface area (Å²) in [5.41, 5.74) is 6.01. The van der Waals surface area contributed by atoms with Crippen molar-refractivity contribution in [3.05, 3.63) is 30.3 Å². The minimum Gasteiger partial charge on any atom is -0.497 e. The molecule has 5 nitrogen and oxygen atoms in total. The van der Waals surface area contributed by atoms with Crippen LogP contribution in [0.5, 0.6) is 5.75 Å². The predicted octanol–water partition coefficient (Wildman–Crippen LogP) is 1.16. The van der Waals surface area contributed by atoms with Crippen molar-refractivity contribution < 1.29 is 9.53 Å². The van der Waals surface area contributed by atoms with Gasteiger partial charge in [-0.05, 0) is 30.3 Å². The van der Waals surface area contributed by atoms with Crippen LogP contribution in [-0.4, -0.2) is 31.6 Å². The Balaban J connectivity index is 2.35. The van der Waals surface area contributed by atoms with Gasteiger partial charge < -0.3 is 15.4 Å². The molecule has 2 aromatic rings. The number of hydrogen-bond donors (Lipinski definition) is 1. The van der Waals surface area contributed by atoms with Gasteiger partial charge in [-0.1, -0.05) is 0 Å². The van der Waals surface area contributed by atoms with E-state index in [1.807, 2.05) is 30.3 Å². The predicted molar refractivity (Wildman–Crippen MR) is 70.8 cm³/mol. The summed E-state index contributed by atoms with van der Waals surface area (Å²) in [5.74, 6) is 1.13. The highest BCUT2D eigenvalue weighted by Crippen LogP contribution is 2.21. The SMILES string of the molecule is COc1ccc2nc(N(C)CC(N)=O)ccc2c1. The molecule has 94 valence electrons. The molecule has 1 aromatic heterocycles. The lowest BCUT2D eigenvalue weighted by molar-refractivity contribution is -0.116. The number of primary amides is 1. The Kier molecular flexibility index (Phi) is 3.32. The Bertz CT molecular complexity index is 583. The zero-order chi connectivity index (χ0) is 13.1. The number of anilines is 1. The molecular formula is C13H15N3O2. The molecule has 0 spiro atoms. The number of hydrogen-bond acceptors (Lipinski definition) is 4. The number of fused-ring (bicyclic) bond motifs is 1. The molecule has 0 atom stereocenters. The van der Waals surface area contributed by atoms with Crippen LogP contribution in [0.2, 0.25) is 0 Å². The zero-order valence-electron chi connectivity index (χ0n) is 10.4. The second-order valence-electron chi connectivity index (χ2n) is 4.05. The Labute approximate surface area is 105 Å². The molecule has 1 aromatic carbocycles. The number of benzene rings is 1. The first-order valence-corrected chi connectivity index (χ1v) is 5.54. The molecule has 2 rings (SSSR count). The van der Waals surface area contributed by atoms with Crippen LogP contribution in [0.3, 0.4) is 0 Å². The largest absolute Gasteiger partial charge is 0.497 e. The van der Waals surface area contributed by atoms with Crippen molar-refractivity contribution in [2.75, 3.05) is 25.6 Å². The number of nitrogens with zero attached hydrogens (tertiary/aromatic N) is 2. The summed E-state index contributed by atoms with van der Waals surface area (Å²) in [4.78, 5) is 17.0. The summed E-state index contributed by atoms with van der Waals surface area (Å²) in [5, 5.41) is 0.991. The summed E-state index contributed by atoms with van der Waals surface area (Å²) < 4.78 is 5.15. The molecular weight excluding hydrogens is 230 g/mol. The van der Waals surface area contributed by atoms with E-state index in [-0.39, 0.29) is 12.5 Å². The molecule has 0 unspecified atom stereocenters. The van der Waals surface area contributed by atoms with Crippen LogP contribution in [0.15, 0.2) is 30.3 Å². The van der Waals surface area contributed by atoms with Crippen molar-refractivity contribution in [2.45, 2.75) is 0 Å². The topological polar surface area (TPSA) is 68.4 Å². The van der Waals surface area contributed by atoms with E-state index < -0.39 is 0 Å². The number of carbonyl (C=O) groups excluding carboxylic acids is 1. The highest BCUT2D eigenvalue weighted by atomic mass is 16.5. The molecule has 0 aliphatic carbocycles.